The second kappa shape index (κ2) is 6.81. The zero-order valence-electron chi connectivity index (χ0n) is 14.9. The first-order chi connectivity index (χ1) is 12.3. The number of hydrogen-bond donors (Lipinski definition) is 0. The second-order valence-electron chi connectivity index (χ2n) is 6.62. The lowest BCUT2D eigenvalue weighted by atomic mass is 10.1. The van der Waals surface area contributed by atoms with Gasteiger partial charge in [-0.1, -0.05) is 24.3 Å². The molecule has 4 nitrogen and oxygen atoms in total. The molecular weight excluding hydrogens is 310 g/mol. The molecule has 2 heterocycles. The van der Waals surface area contributed by atoms with Crippen molar-refractivity contribution in [2.75, 3.05) is 56.7 Å². The number of nitrogens with zero attached hydrogens (tertiary/aromatic N) is 3. The van der Waals surface area contributed by atoms with Crippen molar-refractivity contribution in [3.8, 4) is 5.75 Å². The summed E-state index contributed by atoms with van der Waals surface area (Å²) in [6, 6.07) is 14.9. The Labute approximate surface area is 149 Å². The van der Waals surface area contributed by atoms with Crippen molar-refractivity contribution in [3.63, 3.8) is 0 Å². The summed E-state index contributed by atoms with van der Waals surface area (Å²) in [7, 11) is 3.93. The number of anilines is 3. The van der Waals surface area contributed by atoms with E-state index in [0.717, 1.165) is 44.0 Å². The molecule has 0 spiro atoms. The minimum absolute atomic E-state index is 0.839. The maximum Gasteiger partial charge on any atom is 0.142 e. The molecule has 0 aromatic heterocycles. The number of hydrogen-bond acceptors (Lipinski definition) is 4. The number of rotatable bonds is 3. The summed E-state index contributed by atoms with van der Waals surface area (Å²) in [5, 5.41) is 0. The van der Waals surface area contributed by atoms with Crippen molar-refractivity contribution in [3.05, 3.63) is 60.2 Å². The van der Waals surface area contributed by atoms with E-state index in [1.165, 1.54) is 17.1 Å². The molecule has 2 aliphatic rings. The fourth-order valence-corrected chi connectivity index (χ4v) is 3.56. The molecule has 0 amide bonds. The Bertz CT molecular complexity index is 778. The summed E-state index contributed by atoms with van der Waals surface area (Å²) in [4.78, 5) is 7.14. The van der Waals surface area contributed by atoms with E-state index in [-0.39, 0.29) is 0 Å². The van der Waals surface area contributed by atoms with Crippen LogP contribution in [0.15, 0.2) is 48.5 Å². The maximum absolute atomic E-state index is 5.64. The molecule has 2 aromatic carbocycles. The zero-order valence-corrected chi connectivity index (χ0v) is 14.9. The van der Waals surface area contributed by atoms with Gasteiger partial charge < -0.3 is 19.4 Å². The van der Waals surface area contributed by atoms with Crippen molar-refractivity contribution < 1.29 is 4.74 Å². The van der Waals surface area contributed by atoms with Crippen LogP contribution in [-0.2, 0) is 0 Å². The van der Waals surface area contributed by atoms with Crippen LogP contribution in [0, 0.1) is 6.08 Å². The molecule has 4 rings (SSSR count). The predicted molar refractivity (Wildman–Crippen MR) is 103 cm³/mol. The van der Waals surface area contributed by atoms with E-state index < -0.39 is 0 Å². The molecular formula is C21H24N3O. The highest BCUT2D eigenvalue weighted by atomic mass is 16.5. The minimum atomic E-state index is 0.839. The van der Waals surface area contributed by atoms with Crippen LogP contribution in [0.1, 0.15) is 5.56 Å². The largest absolute Gasteiger partial charge is 0.495 e. The van der Waals surface area contributed by atoms with Crippen LogP contribution in [0.3, 0.4) is 0 Å². The number of ether oxygens (including phenoxy) is 1. The van der Waals surface area contributed by atoms with E-state index in [4.69, 9.17) is 4.74 Å². The number of methoxy groups -OCH3 is 1. The molecule has 1 radical (unpaired) electrons. The van der Waals surface area contributed by atoms with Gasteiger partial charge in [0.2, 0.25) is 0 Å². The molecule has 1 fully saturated rings. The van der Waals surface area contributed by atoms with Crippen LogP contribution >= 0.6 is 0 Å². The third-order valence-corrected chi connectivity index (χ3v) is 5.04. The van der Waals surface area contributed by atoms with Crippen molar-refractivity contribution in [1.29, 1.82) is 0 Å². The highest BCUT2D eigenvalue weighted by Crippen LogP contribution is 2.37. The molecule has 0 unspecified atom stereocenters. The molecule has 1 saturated heterocycles. The van der Waals surface area contributed by atoms with Gasteiger partial charge in [0.25, 0.3) is 0 Å². The first-order valence-corrected chi connectivity index (χ1v) is 8.82. The summed E-state index contributed by atoms with van der Waals surface area (Å²) in [5.74, 6) is 0.945. The van der Waals surface area contributed by atoms with Crippen LogP contribution in [0.25, 0.3) is 0 Å². The Morgan fingerprint density at radius 3 is 2.56 bits per heavy atom. The van der Waals surface area contributed by atoms with Gasteiger partial charge in [-0.25, -0.2) is 0 Å². The first kappa shape index (κ1) is 16.0. The number of benzene rings is 2. The van der Waals surface area contributed by atoms with Crippen LogP contribution in [0.5, 0.6) is 5.75 Å². The third kappa shape index (κ3) is 3.10. The summed E-state index contributed by atoms with van der Waals surface area (Å²) >= 11 is 0. The molecule has 0 bridgehead atoms. The van der Waals surface area contributed by atoms with Crippen molar-refractivity contribution >= 4 is 17.1 Å². The zero-order chi connectivity index (χ0) is 17.2. The Morgan fingerprint density at radius 1 is 0.960 bits per heavy atom. The van der Waals surface area contributed by atoms with Gasteiger partial charge in [0, 0.05) is 49.7 Å². The fourth-order valence-electron chi connectivity index (χ4n) is 3.56. The summed E-state index contributed by atoms with van der Waals surface area (Å²) in [6.07, 6.45) is 5.46. The average molecular weight is 334 g/mol. The topological polar surface area (TPSA) is 19.0 Å². The molecule has 129 valence electrons. The number of para-hydroxylation sites is 1. The smallest absolute Gasteiger partial charge is 0.142 e. The van der Waals surface area contributed by atoms with E-state index in [1.54, 1.807) is 7.11 Å². The minimum Gasteiger partial charge on any atom is -0.495 e. The normalized spacial score (nSPS) is 17.5. The molecule has 2 aliphatic heterocycles. The first-order valence-electron chi connectivity index (χ1n) is 8.82. The summed E-state index contributed by atoms with van der Waals surface area (Å²) in [6.45, 7) is 5.06. The van der Waals surface area contributed by atoms with Gasteiger partial charge in [-0.15, -0.1) is 0 Å². The highest BCUT2D eigenvalue weighted by Gasteiger charge is 2.21. The number of piperazine rings is 1. The molecule has 0 saturated carbocycles. The van der Waals surface area contributed by atoms with Crippen molar-refractivity contribution in [2.45, 2.75) is 0 Å². The van der Waals surface area contributed by atoms with Gasteiger partial charge in [0.1, 0.15) is 5.75 Å². The average Bonchev–Trinajstić information content (AvgIpc) is 2.68. The van der Waals surface area contributed by atoms with E-state index in [1.807, 2.05) is 0 Å². The Morgan fingerprint density at radius 2 is 1.76 bits per heavy atom. The molecule has 4 heteroatoms. The van der Waals surface area contributed by atoms with Crippen LogP contribution < -0.4 is 14.5 Å². The third-order valence-electron chi connectivity index (χ3n) is 5.04. The van der Waals surface area contributed by atoms with Gasteiger partial charge >= 0.3 is 0 Å². The van der Waals surface area contributed by atoms with E-state index in [2.05, 4.69) is 76.4 Å². The van der Waals surface area contributed by atoms with E-state index in [0.29, 0.717) is 0 Å². The Balaban J connectivity index is 1.70. The quantitative estimate of drug-likeness (QED) is 0.857. The fraction of sp³-hybridized carbons (Fsp3) is 0.333. The van der Waals surface area contributed by atoms with Gasteiger partial charge in [0.15, 0.2) is 0 Å². The monoisotopic (exact) mass is 334 g/mol. The Kier molecular flexibility index (Phi) is 4.36. The second-order valence-corrected chi connectivity index (χ2v) is 6.62. The molecule has 0 N–H and O–H groups in total. The van der Waals surface area contributed by atoms with Crippen molar-refractivity contribution in [2.24, 2.45) is 0 Å². The molecule has 0 atom stereocenters. The SMILES string of the molecule is COc1ccc(N2CC=[C]c3ccccc32)cc1N1CCN(C)CC1. The highest BCUT2D eigenvalue weighted by molar-refractivity contribution is 5.75. The van der Waals surface area contributed by atoms with E-state index >= 15 is 0 Å². The maximum atomic E-state index is 5.64. The lowest BCUT2D eigenvalue weighted by molar-refractivity contribution is 0.311. The lowest BCUT2D eigenvalue weighted by Crippen LogP contribution is -2.44. The predicted octanol–water partition coefficient (Wildman–Crippen LogP) is 3.31. The summed E-state index contributed by atoms with van der Waals surface area (Å²) in [5.41, 5.74) is 4.73. The molecule has 2 aromatic rings. The lowest BCUT2D eigenvalue weighted by Gasteiger charge is -2.36. The molecule has 0 aliphatic carbocycles. The van der Waals surface area contributed by atoms with Gasteiger partial charge in [0.05, 0.1) is 12.8 Å². The van der Waals surface area contributed by atoms with E-state index in [9.17, 15) is 0 Å². The standard InChI is InChI=1S/C21H24N3O/c1-22-12-14-23(15-13-22)20-16-18(9-10-21(20)25-2)24-11-5-7-17-6-3-4-8-19(17)24/h3-6,8-10,16H,11-15H2,1-2H3. The summed E-state index contributed by atoms with van der Waals surface area (Å²) < 4.78 is 5.64. The van der Waals surface area contributed by atoms with Crippen LogP contribution in [0.4, 0.5) is 17.1 Å². The Hall–Kier alpha value is -2.46. The van der Waals surface area contributed by atoms with Gasteiger partial charge in [-0.3, -0.25) is 0 Å². The number of likely N-dealkylation sites (N-methyl/N-ethyl adjacent to an activating group) is 1. The van der Waals surface area contributed by atoms with Gasteiger partial charge in [-0.05, 0) is 37.4 Å². The van der Waals surface area contributed by atoms with Crippen LogP contribution in [-0.4, -0.2) is 51.8 Å². The van der Waals surface area contributed by atoms with Gasteiger partial charge in [-0.2, -0.15) is 0 Å². The van der Waals surface area contributed by atoms with Crippen LogP contribution in [0.2, 0.25) is 0 Å². The van der Waals surface area contributed by atoms with Crippen molar-refractivity contribution in [1.82, 2.24) is 4.90 Å². The molecule has 25 heavy (non-hydrogen) atoms. The number of fused-ring (bicyclic) bond motifs is 1.